The van der Waals surface area contributed by atoms with Crippen LogP contribution in [-0.4, -0.2) is 27.8 Å². The van der Waals surface area contributed by atoms with Crippen LogP contribution in [0.4, 0.5) is 4.39 Å². The fraction of sp³-hybridized carbons (Fsp3) is 0.438. The molecule has 2 N–H and O–H groups in total. The summed E-state index contributed by atoms with van der Waals surface area (Å²) in [5.74, 6) is 2.10. The fourth-order valence-electron chi connectivity index (χ4n) is 2.13. The van der Waals surface area contributed by atoms with Crippen LogP contribution in [0.1, 0.15) is 35.7 Å². The maximum Gasteiger partial charge on any atom is 0.191 e. The molecule has 124 valence electrons. The molecule has 0 radical (unpaired) electrons. The highest BCUT2D eigenvalue weighted by Crippen LogP contribution is 2.16. The predicted octanol–water partition coefficient (Wildman–Crippen LogP) is 2.00. The van der Waals surface area contributed by atoms with Crippen molar-refractivity contribution in [3.63, 3.8) is 0 Å². The average Bonchev–Trinajstić information content (AvgIpc) is 2.85. The number of benzene rings is 1. The van der Waals surface area contributed by atoms with Crippen LogP contribution in [-0.2, 0) is 13.6 Å². The van der Waals surface area contributed by atoms with E-state index in [4.69, 9.17) is 0 Å². The van der Waals surface area contributed by atoms with E-state index < -0.39 is 0 Å². The summed E-state index contributed by atoms with van der Waals surface area (Å²) in [5.41, 5.74) is 1.51. The highest BCUT2D eigenvalue weighted by molar-refractivity contribution is 5.80. The van der Waals surface area contributed by atoms with Crippen molar-refractivity contribution < 1.29 is 4.39 Å². The van der Waals surface area contributed by atoms with Gasteiger partial charge in [-0.1, -0.05) is 12.1 Å². The van der Waals surface area contributed by atoms with Gasteiger partial charge in [0.25, 0.3) is 0 Å². The standard InChI is InChI=1S/C16H23FN6/c1-10-6-7-13(8-14(10)17)11(2)20-16(18-4)19-9-15-22-21-12(3)23(15)5/h6-8,11H,9H2,1-5H3,(H2,18,19,20). The molecule has 0 aliphatic rings. The zero-order valence-corrected chi connectivity index (χ0v) is 14.2. The number of halogens is 1. The van der Waals surface area contributed by atoms with Gasteiger partial charge in [-0.15, -0.1) is 10.2 Å². The van der Waals surface area contributed by atoms with Crippen molar-refractivity contribution in [3.8, 4) is 0 Å². The van der Waals surface area contributed by atoms with Crippen molar-refractivity contribution in [3.05, 3.63) is 46.8 Å². The molecule has 0 saturated carbocycles. The van der Waals surface area contributed by atoms with E-state index in [0.29, 0.717) is 18.1 Å². The molecule has 1 atom stereocenters. The second-order valence-corrected chi connectivity index (χ2v) is 5.52. The van der Waals surface area contributed by atoms with Gasteiger partial charge in [0.1, 0.15) is 11.6 Å². The molecule has 0 aliphatic carbocycles. The first kappa shape index (κ1) is 16.9. The molecule has 0 aliphatic heterocycles. The number of rotatable bonds is 4. The van der Waals surface area contributed by atoms with Crippen LogP contribution >= 0.6 is 0 Å². The molecule has 2 aromatic rings. The predicted molar refractivity (Wildman–Crippen MR) is 88.6 cm³/mol. The summed E-state index contributed by atoms with van der Waals surface area (Å²) < 4.78 is 15.6. The topological polar surface area (TPSA) is 67.1 Å². The molecule has 0 amide bonds. The third-order valence-corrected chi connectivity index (χ3v) is 3.87. The Morgan fingerprint density at radius 2 is 2.09 bits per heavy atom. The van der Waals surface area contributed by atoms with Crippen molar-refractivity contribution in [2.75, 3.05) is 7.05 Å². The van der Waals surface area contributed by atoms with Crippen LogP contribution in [0.5, 0.6) is 0 Å². The van der Waals surface area contributed by atoms with Gasteiger partial charge < -0.3 is 15.2 Å². The first-order valence-corrected chi connectivity index (χ1v) is 7.50. The molecule has 1 aromatic carbocycles. The molecule has 1 heterocycles. The number of nitrogens with one attached hydrogen (secondary N) is 2. The van der Waals surface area contributed by atoms with Gasteiger partial charge in [0, 0.05) is 14.1 Å². The lowest BCUT2D eigenvalue weighted by Gasteiger charge is -2.18. The number of guanidine groups is 1. The minimum absolute atomic E-state index is 0.0717. The lowest BCUT2D eigenvalue weighted by molar-refractivity contribution is 0.607. The van der Waals surface area contributed by atoms with Gasteiger partial charge >= 0.3 is 0 Å². The van der Waals surface area contributed by atoms with Gasteiger partial charge in [-0.25, -0.2) is 4.39 Å². The lowest BCUT2D eigenvalue weighted by Crippen LogP contribution is -2.38. The first-order chi connectivity index (χ1) is 10.9. The van der Waals surface area contributed by atoms with E-state index in [1.165, 1.54) is 0 Å². The quantitative estimate of drug-likeness (QED) is 0.668. The van der Waals surface area contributed by atoms with Gasteiger partial charge in [-0.3, -0.25) is 4.99 Å². The minimum Gasteiger partial charge on any atom is -0.350 e. The molecule has 1 unspecified atom stereocenters. The second kappa shape index (κ2) is 7.21. The van der Waals surface area contributed by atoms with Crippen LogP contribution in [0.15, 0.2) is 23.2 Å². The Balaban J connectivity index is 1.98. The molecule has 23 heavy (non-hydrogen) atoms. The Bertz CT molecular complexity index is 707. The maximum atomic E-state index is 13.7. The molecule has 6 nitrogen and oxygen atoms in total. The summed E-state index contributed by atoms with van der Waals surface area (Å²) in [7, 11) is 3.61. The third-order valence-electron chi connectivity index (χ3n) is 3.87. The smallest absolute Gasteiger partial charge is 0.191 e. The molecule has 1 aromatic heterocycles. The SMILES string of the molecule is CN=C(NCc1nnc(C)n1C)NC(C)c1ccc(C)c(F)c1. The summed E-state index contributed by atoms with van der Waals surface area (Å²) in [6.45, 7) is 6.12. The summed E-state index contributed by atoms with van der Waals surface area (Å²) >= 11 is 0. The number of aryl methyl sites for hydroxylation is 2. The minimum atomic E-state index is -0.200. The van der Waals surface area contributed by atoms with E-state index in [0.717, 1.165) is 17.2 Å². The Morgan fingerprint density at radius 1 is 1.35 bits per heavy atom. The van der Waals surface area contributed by atoms with Crippen molar-refractivity contribution in [1.29, 1.82) is 0 Å². The summed E-state index contributed by atoms with van der Waals surface area (Å²) in [6.07, 6.45) is 0. The van der Waals surface area contributed by atoms with E-state index in [2.05, 4.69) is 25.8 Å². The molecular weight excluding hydrogens is 295 g/mol. The van der Waals surface area contributed by atoms with Gasteiger partial charge in [0.05, 0.1) is 12.6 Å². The number of hydrogen-bond donors (Lipinski definition) is 2. The summed E-state index contributed by atoms with van der Waals surface area (Å²) in [5, 5.41) is 14.5. The van der Waals surface area contributed by atoms with Crippen molar-refractivity contribution in [1.82, 2.24) is 25.4 Å². The number of aliphatic imine (C=N–C) groups is 1. The van der Waals surface area contributed by atoms with Crippen LogP contribution in [0, 0.1) is 19.7 Å². The molecule has 0 spiro atoms. The monoisotopic (exact) mass is 318 g/mol. The van der Waals surface area contributed by atoms with Gasteiger partial charge in [0.15, 0.2) is 11.8 Å². The van der Waals surface area contributed by atoms with Crippen molar-refractivity contribution in [2.45, 2.75) is 33.4 Å². The molecule has 2 rings (SSSR count). The number of nitrogens with zero attached hydrogens (tertiary/aromatic N) is 4. The first-order valence-electron chi connectivity index (χ1n) is 7.50. The van der Waals surface area contributed by atoms with E-state index >= 15 is 0 Å². The van der Waals surface area contributed by atoms with E-state index in [9.17, 15) is 4.39 Å². The zero-order valence-electron chi connectivity index (χ0n) is 14.2. The summed E-state index contributed by atoms with van der Waals surface area (Å²) in [6, 6.07) is 5.17. The Morgan fingerprint density at radius 3 is 2.65 bits per heavy atom. The summed E-state index contributed by atoms with van der Waals surface area (Å²) in [4.78, 5) is 4.19. The molecule has 0 bridgehead atoms. The van der Waals surface area contributed by atoms with Crippen LogP contribution in [0.3, 0.4) is 0 Å². The van der Waals surface area contributed by atoms with Crippen LogP contribution in [0.2, 0.25) is 0 Å². The number of hydrogen-bond acceptors (Lipinski definition) is 3. The van der Waals surface area contributed by atoms with Crippen molar-refractivity contribution >= 4 is 5.96 Å². The molecule has 0 fully saturated rings. The van der Waals surface area contributed by atoms with Crippen LogP contribution < -0.4 is 10.6 Å². The van der Waals surface area contributed by atoms with E-state index in [1.807, 2.05) is 31.5 Å². The molecular formula is C16H23FN6. The highest BCUT2D eigenvalue weighted by Gasteiger charge is 2.11. The largest absolute Gasteiger partial charge is 0.350 e. The third kappa shape index (κ3) is 4.06. The number of aromatic nitrogens is 3. The van der Waals surface area contributed by atoms with Crippen molar-refractivity contribution in [2.24, 2.45) is 12.0 Å². The molecule has 7 heteroatoms. The lowest BCUT2D eigenvalue weighted by atomic mass is 10.1. The van der Waals surface area contributed by atoms with E-state index in [1.54, 1.807) is 26.1 Å². The molecule has 0 saturated heterocycles. The maximum absolute atomic E-state index is 13.7. The second-order valence-electron chi connectivity index (χ2n) is 5.52. The fourth-order valence-corrected chi connectivity index (χ4v) is 2.13. The zero-order chi connectivity index (χ0) is 17.0. The van der Waals surface area contributed by atoms with Gasteiger partial charge in [-0.2, -0.15) is 0 Å². The Kier molecular flexibility index (Phi) is 5.31. The van der Waals surface area contributed by atoms with Crippen LogP contribution in [0.25, 0.3) is 0 Å². The van der Waals surface area contributed by atoms with Gasteiger partial charge in [-0.05, 0) is 38.0 Å². The van der Waals surface area contributed by atoms with E-state index in [-0.39, 0.29) is 11.9 Å². The average molecular weight is 318 g/mol. The Hall–Kier alpha value is -2.44. The highest BCUT2D eigenvalue weighted by atomic mass is 19.1. The Labute approximate surface area is 135 Å². The van der Waals surface area contributed by atoms with Gasteiger partial charge in [0.2, 0.25) is 0 Å². The normalized spacial score (nSPS) is 13.0.